The van der Waals surface area contributed by atoms with Gasteiger partial charge in [-0.15, -0.1) is 0 Å². The number of nitrogens with zero attached hydrogens (tertiary/aromatic N) is 1. The average molecular weight is 355 g/mol. The van der Waals surface area contributed by atoms with Crippen molar-refractivity contribution in [3.05, 3.63) is 30.1 Å². The Balaban J connectivity index is 3.39. The Morgan fingerprint density at radius 2 is 1.50 bits per heavy atom. The Morgan fingerprint density at radius 1 is 1.00 bits per heavy atom. The van der Waals surface area contributed by atoms with E-state index in [9.17, 15) is 0 Å². The van der Waals surface area contributed by atoms with Crippen LogP contribution in [0, 0.1) is 0 Å². The first-order chi connectivity index (χ1) is 7.11. The fraction of sp³-hybridized carbons (Fsp3) is 0.583. The Morgan fingerprint density at radius 3 is 1.81 bits per heavy atom. The maximum absolute atomic E-state index is 4.68. The number of hydrogen-bond donors (Lipinski definition) is 0. The third-order valence-corrected chi connectivity index (χ3v) is 26.4. The molecule has 0 aliphatic carbocycles. The molecule has 1 rings (SSSR count). The summed E-state index contributed by atoms with van der Waals surface area (Å²) in [6, 6.07) is 6.40. The fourth-order valence-electron chi connectivity index (χ4n) is 2.48. The summed E-state index contributed by atoms with van der Waals surface area (Å²) in [4.78, 5) is 4.68. The van der Waals surface area contributed by atoms with Gasteiger partial charge in [-0.2, -0.15) is 0 Å². The van der Waals surface area contributed by atoms with Crippen LogP contribution in [0.1, 0.15) is 5.69 Å². The summed E-state index contributed by atoms with van der Waals surface area (Å²) >= 11 is 1.66. The first-order valence-electron chi connectivity index (χ1n) is 5.77. The predicted molar refractivity (Wildman–Crippen MR) is 78.4 cm³/mol. The molecule has 4 heteroatoms. The Labute approximate surface area is 115 Å². The van der Waals surface area contributed by atoms with Crippen LogP contribution in [-0.2, 0) is 2.68 Å². The van der Waals surface area contributed by atoms with Gasteiger partial charge in [0.2, 0.25) is 0 Å². The summed E-state index contributed by atoms with van der Waals surface area (Å²) in [5, 5.41) is 0. The van der Waals surface area contributed by atoms with Crippen LogP contribution in [0.3, 0.4) is 0 Å². The van der Waals surface area contributed by atoms with Gasteiger partial charge in [-0.3, -0.25) is 0 Å². The molecule has 0 amide bonds. The van der Waals surface area contributed by atoms with Crippen LogP contribution in [0.15, 0.2) is 24.4 Å². The van der Waals surface area contributed by atoms with Crippen LogP contribution >= 0.6 is 0 Å². The number of rotatable bonds is 3. The molecule has 1 aromatic heterocycles. The molecule has 0 spiro atoms. The topological polar surface area (TPSA) is 12.9 Å². The third-order valence-electron chi connectivity index (χ3n) is 3.30. The number of hydrogen-bond acceptors (Lipinski definition) is 1. The number of pyridine rings is 1. The Kier molecular flexibility index (Phi) is 4.13. The Bertz CT molecular complexity index is 338. The van der Waals surface area contributed by atoms with E-state index in [2.05, 4.69) is 56.4 Å². The molecule has 1 nitrogen and oxygen atoms in total. The van der Waals surface area contributed by atoms with Crippen LogP contribution in [0.5, 0.6) is 0 Å². The fourth-order valence-corrected chi connectivity index (χ4v) is 13.7. The second kappa shape index (κ2) is 4.57. The molecule has 0 fully saturated rings. The van der Waals surface area contributed by atoms with Crippen molar-refractivity contribution >= 4 is 38.7 Å². The Hall–Kier alpha value is 0.382. The van der Waals surface area contributed by atoms with Crippen molar-refractivity contribution in [3.8, 4) is 0 Å². The van der Waals surface area contributed by atoms with Crippen molar-refractivity contribution in [1.29, 1.82) is 0 Å². The van der Waals surface area contributed by atoms with Gasteiger partial charge in [0.25, 0.3) is 0 Å². The van der Waals surface area contributed by atoms with Gasteiger partial charge in [0, 0.05) is 0 Å². The molecule has 0 N–H and O–H groups in total. The molecule has 0 unspecified atom stereocenters. The van der Waals surface area contributed by atoms with Crippen LogP contribution in [0.2, 0.25) is 39.3 Å². The molecular weight excluding hydrogens is 333 g/mol. The van der Waals surface area contributed by atoms with Crippen molar-refractivity contribution in [2.24, 2.45) is 0 Å². The first-order valence-corrected chi connectivity index (χ1v) is 14.2. The van der Waals surface area contributed by atoms with Crippen LogP contribution in [0.4, 0.5) is 0 Å². The summed E-state index contributed by atoms with van der Waals surface area (Å²) < 4.78 is 0.425. The molecule has 0 atom stereocenters. The normalized spacial score (nSPS) is 13.9. The molecule has 0 bridgehead atoms. The van der Waals surface area contributed by atoms with Crippen molar-refractivity contribution < 1.29 is 0 Å². The molecule has 3 radical (unpaired) electrons. The van der Waals surface area contributed by atoms with Gasteiger partial charge >= 0.3 is 116 Å². The SMILES string of the molecule is C[Si](C)(C)[C]([Sn])(c1ccccn1)[Si](C)(C)C. The third kappa shape index (κ3) is 2.46. The first kappa shape index (κ1) is 14.4. The van der Waals surface area contributed by atoms with E-state index in [-0.39, 0.29) is 0 Å². The van der Waals surface area contributed by atoms with Gasteiger partial charge in [0.1, 0.15) is 0 Å². The van der Waals surface area contributed by atoms with E-state index in [0.717, 1.165) is 0 Å². The molecule has 0 aromatic carbocycles. The molecule has 87 valence electrons. The maximum atomic E-state index is 4.68. The van der Waals surface area contributed by atoms with E-state index in [1.54, 1.807) is 22.5 Å². The van der Waals surface area contributed by atoms with E-state index in [4.69, 9.17) is 0 Å². The second-order valence-corrected chi connectivity index (χ2v) is 22.5. The van der Waals surface area contributed by atoms with Crippen LogP contribution < -0.4 is 0 Å². The second-order valence-electron chi connectivity index (χ2n) is 6.46. The van der Waals surface area contributed by atoms with Gasteiger partial charge in [-0.05, 0) is 0 Å². The van der Waals surface area contributed by atoms with Crippen molar-refractivity contribution in [3.63, 3.8) is 0 Å². The molecular formula is C12H22NSi2Sn. The van der Waals surface area contributed by atoms with Gasteiger partial charge < -0.3 is 0 Å². The molecule has 1 aromatic rings. The predicted octanol–water partition coefficient (Wildman–Crippen LogP) is 3.20. The van der Waals surface area contributed by atoms with Crippen molar-refractivity contribution in [2.45, 2.75) is 42.0 Å². The van der Waals surface area contributed by atoms with Crippen molar-refractivity contribution in [1.82, 2.24) is 4.98 Å². The zero-order valence-electron chi connectivity index (χ0n) is 11.3. The zero-order chi connectivity index (χ0) is 12.6. The van der Waals surface area contributed by atoms with E-state index >= 15 is 0 Å². The summed E-state index contributed by atoms with van der Waals surface area (Å²) in [6.07, 6.45) is 1.95. The molecule has 0 aliphatic rings. The monoisotopic (exact) mass is 356 g/mol. The summed E-state index contributed by atoms with van der Waals surface area (Å²) in [5.74, 6) is 0. The van der Waals surface area contributed by atoms with Gasteiger partial charge in [-0.1, -0.05) is 0 Å². The summed E-state index contributed by atoms with van der Waals surface area (Å²) in [5.41, 5.74) is 1.35. The minimum atomic E-state index is -1.25. The summed E-state index contributed by atoms with van der Waals surface area (Å²) in [7, 11) is -2.50. The zero-order valence-corrected chi connectivity index (χ0v) is 16.1. The number of aromatic nitrogens is 1. The van der Waals surface area contributed by atoms with Crippen LogP contribution in [0.25, 0.3) is 0 Å². The molecule has 0 saturated heterocycles. The standard InChI is InChI=1S/C12H22NSi2.Sn/c1-14(2,3)12(15(4,5)6)11-9-7-8-10-13-11;/h7-10H,1-6H3;. The molecule has 16 heavy (non-hydrogen) atoms. The van der Waals surface area contributed by atoms with E-state index in [1.807, 2.05) is 12.3 Å². The van der Waals surface area contributed by atoms with Crippen molar-refractivity contribution in [2.75, 3.05) is 0 Å². The molecule has 1 heterocycles. The van der Waals surface area contributed by atoms with Gasteiger partial charge in [-0.25, -0.2) is 0 Å². The quantitative estimate of drug-likeness (QED) is 0.759. The summed E-state index contributed by atoms with van der Waals surface area (Å²) in [6.45, 7) is 15.0. The van der Waals surface area contributed by atoms with Crippen LogP contribution in [-0.4, -0.2) is 43.7 Å². The van der Waals surface area contributed by atoms with E-state index < -0.39 is 16.1 Å². The van der Waals surface area contributed by atoms with Gasteiger partial charge in [0.05, 0.1) is 0 Å². The minimum absolute atomic E-state index is 0.425. The molecule has 0 aliphatic heterocycles. The molecule has 0 saturated carbocycles. The average Bonchev–Trinajstić information content (AvgIpc) is 2.14. The van der Waals surface area contributed by atoms with E-state index in [1.165, 1.54) is 5.69 Å². The van der Waals surface area contributed by atoms with E-state index in [0.29, 0.717) is 2.68 Å². The van der Waals surface area contributed by atoms with Gasteiger partial charge in [0.15, 0.2) is 0 Å².